The Morgan fingerprint density at radius 1 is 1.16 bits per heavy atom. The Bertz CT molecular complexity index is 1230. The highest BCUT2D eigenvalue weighted by Crippen LogP contribution is 2.20. The van der Waals surface area contributed by atoms with Gasteiger partial charge < -0.3 is 14.2 Å². The molecule has 1 aromatic heterocycles. The normalized spacial score (nSPS) is 14.2. The lowest BCUT2D eigenvalue weighted by Crippen LogP contribution is -2.42. The zero-order valence-electron chi connectivity index (χ0n) is 17.9. The molecular formula is C24H25N3O4. The quantitative estimate of drug-likeness (QED) is 0.608. The third-order valence-electron chi connectivity index (χ3n) is 5.73. The summed E-state index contributed by atoms with van der Waals surface area (Å²) in [5, 5.41) is 0. The number of hydrogen-bond acceptors (Lipinski definition) is 5. The fourth-order valence-corrected chi connectivity index (χ4v) is 4.04. The van der Waals surface area contributed by atoms with Gasteiger partial charge in [0.15, 0.2) is 6.10 Å². The second kappa shape index (κ2) is 8.34. The molecule has 0 bridgehead atoms. The van der Waals surface area contributed by atoms with Gasteiger partial charge in [0.1, 0.15) is 5.69 Å². The van der Waals surface area contributed by atoms with E-state index in [2.05, 4.69) is 11.1 Å². The van der Waals surface area contributed by atoms with Crippen LogP contribution in [0.2, 0.25) is 0 Å². The van der Waals surface area contributed by atoms with Crippen LogP contribution in [0.3, 0.4) is 0 Å². The van der Waals surface area contributed by atoms with Crippen molar-refractivity contribution in [3.05, 3.63) is 75.2 Å². The van der Waals surface area contributed by atoms with Crippen molar-refractivity contribution in [3.8, 4) is 0 Å². The van der Waals surface area contributed by atoms with Crippen LogP contribution in [0.1, 0.15) is 41.0 Å². The number of esters is 1. The van der Waals surface area contributed by atoms with Crippen LogP contribution in [0.4, 0.5) is 0 Å². The summed E-state index contributed by atoms with van der Waals surface area (Å²) in [6, 6.07) is 13.0. The smallest absolute Gasteiger partial charge is 0.338 e. The van der Waals surface area contributed by atoms with Crippen molar-refractivity contribution in [2.24, 2.45) is 0 Å². The monoisotopic (exact) mass is 419 g/mol. The van der Waals surface area contributed by atoms with Gasteiger partial charge in [-0.25, -0.2) is 9.78 Å². The van der Waals surface area contributed by atoms with E-state index < -0.39 is 12.1 Å². The van der Waals surface area contributed by atoms with Crippen LogP contribution in [0, 0.1) is 6.92 Å². The summed E-state index contributed by atoms with van der Waals surface area (Å²) >= 11 is 0. The molecule has 0 spiro atoms. The number of carbonyl (C=O) groups excluding carboxylic acids is 2. The lowest BCUT2D eigenvalue weighted by atomic mass is 9.99. The first-order valence-corrected chi connectivity index (χ1v) is 10.5. The summed E-state index contributed by atoms with van der Waals surface area (Å²) in [5.74, 6) is -0.800. The van der Waals surface area contributed by atoms with E-state index in [4.69, 9.17) is 4.74 Å². The Morgan fingerprint density at radius 3 is 2.65 bits per heavy atom. The average Bonchev–Trinajstić information content (AvgIpc) is 2.78. The molecule has 1 aliphatic heterocycles. The van der Waals surface area contributed by atoms with E-state index >= 15 is 0 Å². The predicted octanol–water partition coefficient (Wildman–Crippen LogP) is 2.86. The number of rotatable bonds is 4. The van der Waals surface area contributed by atoms with Gasteiger partial charge in [0, 0.05) is 19.6 Å². The maximum atomic E-state index is 12.9. The van der Waals surface area contributed by atoms with Crippen LogP contribution < -0.4 is 5.56 Å². The van der Waals surface area contributed by atoms with Crippen LogP contribution in [0.25, 0.3) is 11.0 Å². The van der Waals surface area contributed by atoms with E-state index in [0.717, 1.165) is 12.0 Å². The molecule has 0 saturated heterocycles. The summed E-state index contributed by atoms with van der Waals surface area (Å²) in [6.45, 7) is 6.76. The summed E-state index contributed by atoms with van der Waals surface area (Å²) in [7, 11) is 0. The largest absolute Gasteiger partial charge is 0.449 e. The van der Waals surface area contributed by atoms with Gasteiger partial charge in [-0.05, 0) is 56.5 Å². The van der Waals surface area contributed by atoms with E-state index in [1.807, 2.05) is 25.1 Å². The first-order chi connectivity index (χ1) is 14.9. The first-order valence-electron chi connectivity index (χ1n) is 10.5. The number of nitrogens with zero attached hydrogens (tertiary/aromatic N) is 3. The molecule has 7 nitrogen and oxygen atoms in total. The van der Waals surface area contributed by atoms with Crippen molar-refractivity contribution in [1.82, 2.24) is 14.5 Å². The number of fused-ring (bicyclic) bond motifs is 2. The minimum absolute atomic E-state index is 0.146. The Balaban J connectivity index is 1.50. The SMILES string of the molecule is CCn1c(=O)c(C)nc2cc(C(=O)O[C@@H](C)C(=O)N3CCc4ccccc4C3)ccc21. The number of aryl methyl sites for hydroxylation is 2. The molecule has 2 heterocycles. The van der Waals surface area contributed by atoms with Crippen LogP contribution in [0.15, 0.2) is 47.3 Å². The topological polar surface area (TPSA) is 81.5 Å². The fourth-order valence-electron chi connectivity index (χ4n) is 4.04. The van der Waals surface area contributed by atoms with E-state index in [0.29, 0.717) is 41.9 Å². The van der Waals surface area contributed by atoms with Crippen LogP contribution >= 0.6 is 0 Å². The Morgan fingerprint density at radius 2 is 1.90 bits per heavy atom. The van der Waals surface area contributed by atoms with Crippen molar-refractivity contribution < 1.29 is 14.3 Å². The van der Waals surface area contributed by atoms with Crippen molar-refractivity contribution in [1.29, 1.82) is 0 Å². The molecule has 1 atom stereocenters. The van der Waals surface area contributed by atoms with Crippen molar-refractivity contribution in [2.45, 2.75) is 46.4 Å². The molecule has 0 radical (unpaired) electrons. The lowest BCUT2D eigenvalue weighted by Gasteiger charge is -2.30. The fraction of sp³-hybridized carbons (Fsp3) is 0.333. The first kappa shape index (κ1) is 20.8. The maximum Gasteiger partial charge on any atom is 0.338 e. The number of hydrogen-bond donors (Lipinski definition) is 0. The highest BCUT2D eigenvalue weighted by Gasteiger charge is 2.27. The highest BCUT2D eigenvalue weighted by molar-refractivity contribution is 5.95. The van der Waals surface area contributed by atoms with Crippen molar-refractivity contribution >= 4 is 22.9 Å². The van der Waals surface area contributed by atoms with Gasteiger partial charge in [0.05, 0.1) is 16.6 Å². The molecule has 3 aromatic rings. The molecule has 2 aromatic carbocycles. The van der Waals surface area contributed by atoms with Gasteiger partial charge in [0.25, 0.3) is 11.5 Å². The van der Waals surface area contributed by atoms with E-state index in [1.165, 1.54) is 5.56 Å². The molecule has 0 saturated carbocycles. The van der Waals surface area contributed by atoms with Gasteiger partial charge in [-0.1, -0.05) is 24.3 Å². The minimum Gasteiger partial charge on any atom is -0.449 e. The van der Waals surface area contributed by atoms with Gasteiger partial charge >= 0.3 is 5.97 Å². The zero-order chi connectivity index (χ0) is 22.1. The Kier molecular flexibility index (Phi) is 5.59. The molecular weight excluding hydrogens is 394 g/mol. The lowest BCUT2D eigenvalue weighted by molar-refractivity contribution is -0.140. The minimum atomic E-state index is -0.896. The van der Waals surface area contributed by atoms with Gasteiger partial charge in [-0.2, -0.15) is 0 Å². The van der Waals surface area contributed by atoms with Crippen LogP contribution in [-0.4, -0.2) is 39.0 Å². The van der Waals surface area contributed by atoms with Gasteiger partial charge in [0.2, 0.25) is 0 Å². The molecule has 1 aliphatic rings. The number of aromatic nitrogens is 2. The second-order valence-corrected chi connectivity index (χ2v) is 7.78. The van der Waals surface area contributed by atoms with Crippen LogP contribution in [-0.2, 0) is 29.0 Å². The third-order valence-corrected chi connectivity index (χ3v) is 5.73. The summed E-state index contributed by atoms with van der Waals surface area (Å²) in [5.41, 5.74) is 4.09. The molecule has 0 unspecified atom stereocenters. The number of benzene rings is 2. The average molecular weight is 419 g/mol. The molecule has 1 amide bonds. The van der Waals surface area contributed by atoms with Crippen LogP contribution in [0.5, 0.6) is 0 Å². The Hall–Kier alpha value is -3.48. The number of carbonyl (C=O) groups is 2. The van der Waals surface area contributed by atoms with E-state index in [-0.39, 0.29) is 11.5 Å². The maximum absolute atomic E-state index is 12.9. The van der Waals surface area contributed by atoms with E-state index in [1.54, 1.807) is 41.5 Å². The van der Waals surface area contributed by atoms with Crippen molar-refractivity contribution in [3.63, 3.8) is 0 Å². The summed E-state index contributed by atoms with van der Waals surface area (Å²) in [4.78, 5) is 43.8. The standard InChI is InChI=1S/C24H25N3O4/c1-4-27-21-10-9-18(13-20(21)25-15(2)22(27)28)24(30)31-16(3)23(29)26-12-11-17-7-5-6-8-19(17)14-26/h5-10,13,16H,4,11-12,14H2,1-3H3/t16-/m0/s1. The molecule has 0 aliphatic carbocycles. The molecule has 0 fully saturated rings. The number of ether oxygens (including phenoxy) is 1. The molecule has 7 heteroatoms. The Labute approximate surface area is 180 Å². The third kappa shape index (κ3) is 3.95. The number of amides is 1. The molecule has 4 rings (SSSR count). The van der Waals surface area contributed by atoms with Gasteiger partial charge in [-0.15, -0.1) is 0 Å². The van der Waals surface area contributed by atoms with E-state index in [9.17, 15) is 14.4 Å². The molecule has 160 valence electrons. The second-order valence-electron chi connectivity index (χ2n) is 7.78. The predicted molar refractivity (Wildman–Crippen MR) is 117 cm³/mol. The van der Waals surface area contributed by atoms with Crippen molar-refractivity contribution in [2.75, 3.05) is 6.54 Å². The summed E-state index contributed by atoms with van der Waals surface area (Å²) < 4.78 is 7.09. The summed E-state index contributed by atoms with van der Waals surface area (Å²) in [6.07, 6.45) is -0.107. The molecule has 0 N–H and O–H groups in total. The molecule has 31 heavy (non-hydrogen) atoms. The van der Waals surface area contributed by atoms with Gasteiger partial charge in [-0.3, -0.25) is 9.59 Å². The highest BCUT2D eigenvalue weighted by atomic mass is 16.5. The zero-order valence-corrected chi connectivity index (χ0v) is 17.9.